The van der Waals surface area contributed by atoms with Crippen molar-refractivity contribution in [2.45, 2.75) is 18.8 Å². The van der Waals surface area contributed by atoms with E-state index in [1.807, 2.05) is 0 Å². The molecule has 40 heavy (non-hydrogen) atoms. The zero-order valence-electron chi connectivity index (χ0n) is 20.7. The molecule has 1 atom stereocenters. The second-order valence-corrected chi connectivity index (χ2v) is 7.92. The Balaban J connectivity index is 0.000000559. The summed E-state index contributed by atoms with van der Waals surface area (Å²) in [5.74, 6) is -1.81. The summed E-state index contributed by atoms with van der Waals surface area (Å²) in [5, 5.41) is 32.1. The maximum atomic E-state index is 12.6. The van der Waals surface area contributed by atoms with Gasteiger partial charge in [-0.05, 0) is 53.6 Å². The Kier molecular flexibility index (Phi) is 9.18. The maximum Gasteiger partial charge on any atom is 0.490 e. The highest BCUT2D eigenvalue weighted by Gasteiger charge is 2.38. The first-order chi connectivity index (χ1) is 18.9. The number of aliphatic hydroxyl groups excluding tert-OH is 1. The summed E-state index contributed by atoms with van der Waals surface area (Å²) in [4.78, 5) is 32.5. The molecule has 0 bridgehead atoms. The Morgan fingerprint density at radius 3 is 2.35 bits per heavy atom. The number of hydrogen-bond acceptors (Lipinski definition) is 9. The number of aromatic amines is 1. The van der Waals surface area contributed by atoms with E-state index in [0.29, 0.717) is 34.0 Å². The fourth-order valence-electron chi connectivity index (χ4n) is 3.29. The van der Waals surface area contributed by atoms with Crippen LogP contribution in [0.3, 0.4) is 0 Å². The topological polar surface area (TPSA) is 205 Å². The van der Waals surface area contributed by atoms with E-state index >= 15 is 0 Å². The Hall–Kier alpha value is -5.25. The summed E-state index contributed by atoms with van der Waals surface area (Å²) in [6.45, 7) is -0.187. The summed E-state index contributed by atoms with van der Waals surface area (Å²) in [7, 11) is 1.53. The number of amidine groups is 1. The molecule has 0 radical (unpaired) electrons. The van der Waals surface area contributed by atoms with E-state index in [0.717, 1.165) is 4.68 Å². The number of halogens is 3. The van der Waals surface area contributed by atoms with Gasteiger partial charge in [0.25, 0.3) is 5.95 Å². The molecular formula is C24H23F3N8O5. The third kappa shape index (κ3) is 7.41. The summed E-state index contributed by atoms with van der Waals surface area (Å²) in [6, 6.07) is 13.3. The monoisotopic (exact) mass is 560 g/mol. The lowest BCUT2D eigenvalue weighted by Crippen LogP contribution is -2.21. The molecule has 2 aromatic carbocycles. The molecule has 0 aliphatic carbocycles. The van der Waals surface area contributed by atoms with Crippen LogP contribution in [0.1, 0.15) is 28.6 Å². The number of carboxylic acids is 1. The van der Waals surface area contributed by atoms with Crippen molar-refractivity contribution in [3.05, 3.63) is 93.9 Å². The van der Waals surface area contributed by atoms with Crippen LogP contribution in [-0.2, 0) is 11.4 Å². The van der Waals surface area contributed by atoms with Crippen LogP contribution in [0.15, 0.2) is 65.7 Å². The number of methoxy groups -OCH3 is 1. The number of anilines is 1. The van der Waals surface area contributed by atoms with Gasteiger partial charge in [0.1, 0.15) is 17.6 Å². The molecule has 0 fully saturated rings. The van der Waals surface area contributed by atoms with Crippen LogP contribution in [0, 0.1) is 5.41 Å². The summed E-state index contributed by atoms with van der Waals surface area (Å²) >= 11 is 0. The number of carboxylic acid groups (broad SMARTS) is 1. The zero-order chi connectivity index (χ0) is 29.4. The number of carbonyl (C=O) groups is 1. The quantitative estimate of drug-likeness (QED) is 0.136. The van der Waals surface area contributed by atoms with Gasteiger partial charge in [-0.25, -0.2) is 19.6 Å². The van der Waals surface area contributed by atoms with Gasteiger partial charge in [-0.2, -0.15) is 13.2 Å². The zero-order valence-corrected chi connectivity index (χ0v) is 20.7. The SMILES string of the molecule is COc1cc(CO)cc([C@H](Nc2ccc(C(=N)N)cc2)c2nn(-c3ncccn3)c(=O)[nH]2)c1.O=C(O)C(F)(F)F. The number of hydrogen-bond donors (Lipinski definition) is 6. The molecular weight excluding hydrogens is 537 g/mol. The Morgan fingerprint density at radius 2 is 1.82 bits per heavy atom. The number of nitrogens with one attached hydrogen (secondary N) is 3. The number of benzene rings is 2. The molecule has 210 valence electrons. The largest absolute Gasteiger partial charge is 0.497 e. The van der Waals surface area contributed by atoms with E-state index in [1.165, 1.54) is 19.5 Å². The number of aliphatic carboxylic acids is 1. The average molecular weight is 560 g/mol. The van der Waals surface area contributed by atoms with Gasteiger partial charge < -0.3 is 26.0 Å². The van der Waals surface area contributed by atoms with Crippen LogP contribution in [-0.4, -0.2) is 60.0 Å². The third-order valence-corrected chi connectivity index (χ3v) is 5.14. The van der Waals surface area contributed by atoms with E-state index in [9.17, 15) is 23.1 Å². The molecule has 16 heteroatoms. The van der Waals surface area contributed by atoms with Gasteiger partial charge in [-0.3, -0.25) is 10.4 Å². The first-order valence-corrected chi connectivity index (χ1v) is 11.2. The lowest BCUT2D eigenvalue weighted by molar-refractivity contribution is -0.192. The van der Waals surface area contributed by atoms with Gasteiger partial charge in [0.2, 0.25) is 0 Å². The molecule has 13 nitrogen and oxygen atoms in total. The molecule has 4 aromatic rings. The van der Waals surface area contributed by atoms with E-state index in [2.05, 4.69) is 25.4 Å². The number of nitrogen functional groups attached to an aromatic ring is 1. The predicted octanol–water partition coefficient (Wildman–Crippen LogP) is 1.97. The summed E-state index contributed by atoms with van der Waals surface area (Å²) in [5.41, 5.74) is 7.66. The molecule has 0 aliphatic heterocycles. The van der Waals surface area contributed by atoms with Crippen molar-refractivity contribution in [2.75, 3.05) is 12.4 Å². The minimum atomic E-state index is -5.08. The summed E-state index contributed by atoms with van der Waals surface area (Å²) < 4.78 is 38.2. The highest BCUT2D eigenvalue weighted by Crippen LogP contribution is 2.29. The van der Waals surface area contributed by atoms with Crippen LogP contribution in [0.4, 0.5) is 18.9 Å². The van der Waals surface area contributed by atoms with Crippen molar-refractivity contribution in [3.63, 3.8) is 0 Å². The third-order valence-electron chi connectivity index (χ3n) is 5.14. The second kappa shape index (κ2) is 12.5. The number of nitrogens with two attached hydrogens (primary N) is 1. The van der Waals surface area contributed by atoms with Crippen LogP contribution >= 0.6 is 0 Å². The normalized spacial score (nSPS) is 11.6. The minimum Gasteiger partial charge on any atom is -0.497 e. The molecule has 2 aromatic heterocycles. The van der Waals surface area contributed by atoms with E-state index in [-0.39, 0.29) is 18.4 Å². The van der Waals surface area contributed by atoms with Crippen LogP contribution in [0.5, 0.6) is 5.75 Å². The van der Waals surface area contributed by atoms with E-state index < -0.39 is 23.9 Å². The predicted molar refractivity (Wildman–Crippen MR) is 135 cm³/mol. The van der Waals surface area contributed by atoms with Gasteiger partial charge >= 0.3 is 17.8 Å². The second-order valence-electron chi connectivity index (χ2n) is 7.92. The molecule has 7 N–H and O–H groups in total. The van der Waals surface area contributed by atoms with Crippen molar-refractivity contribution in [2.24, 2.45) is 5.73 Å². The van der Waals surface area contributed by atoms with Crippen molar-refractivity contribution < 1.29 is 32.9 Å². The number of H-pyrrole nitrogens is 1. The van der Waals surface area contributed by atoms with E-state index in [1.54, 1.807) is 48.5 Å². The number of nitrogens with zero attached hydrogens (tertiary/aromatic N) is 4. The first-order valence-electron chi connectivity index (χ1n) is 11.2. The fourth-order valence-corrected chi connectivity index (χ4v) is 3.29. The molecule has 0 unspecified atom stereocenters. The number of ether oxygens (including phenoxy) is 1. The van der Waals surface area contributed by atoms with Crippen LogP contribution < -0.4 is 21.5 Å². The average Bonchev–Trinajstić information content (AvgIpc) is 3.32. The van der Waals surface area contributed by atoms with Crippen LogP contribution in [0.25, 0.3) is 5.95 Å². The number of aromatic nitrogens is 5. The van der Waals surface area contributed by atoms with Gasteiger partial charge in [0.05, 0.1) is 13.7 Å². The maximum absolute atomic E-state index is 12.6. The lowest BCUT2D eigenvalue weighted by atomic mass is 10.0. The van der Waals surface area contributed by atoms with Gasteiger partial charge in [0.15, 0.2) is 5.82 Å². The molecule has 0 spiro atoms. The molecule has 0 aliphatic rings. The van der Waals surface area contributed by atoms with Crippen molar-refractivity contribution in [1.82, 2.24) is 24.7 Å². The van der Waals surface area contributed by atoms with Gasteiger partial charge in [-0.15, -0.1) is 9.78 Å². The molecule has 4 rings (SSSR count). The highest BCUT2D eigenvalue weighted by atomic mass is 19.4. The van der Waals surface area contributed by atoms with Crippen LogP contribution in [0.2, 0.25) is 0 Å². The highest BCUT2D eigenvalue weighted by molar-refractivity contribution is 5.95. The van der Waals surface area contributed by atoms with Gasteiger partial charge in [-0.1, -0.05) is 6.07 Å². The van der Waals surface area contributed by atoms with Crippen molar-refractivity contribution in [3.8, 4) is 11.7 Å². The smallest absolute Gasteiger partial charge is 0.490 e. The van der Waals surface area contributed by atoms with Gasteiger partial charge in [0, 0.05) is 23.6 Å². The minimum absolute atomic E-state index is 0.0376. The first kappa shape index (κ1) is 29.3. The fraction of sp³-hybridized carbons (Fsp3) is 0.167. The van der Waals surface area contributed by atoms with Crippen molar-refractivity contribution >= 4 is 17.5 Å². The lowest BCUT2D eigenvalue weighted by Gasteiger charge is -2.20. The molecule has 2 heterocycles. The molecule has 0 amide bonds. The number of alkyl halides is 3. The van der Waals surface area contributed by atoms with Crippen molar-refractivity contribution in [1.29, 1.82) is 5.41 Å². The molecule has 0 saturated heterocycles. The Labute approximate surface area is 223 Å². The number of rotatable bonds is 8. The summed E-state index contributed by atoms with van der Waals surface area (Å²) in [6.07, 6.45) is -2.05. The molecule has 0 saturated carbocycles. The standard InChI is InChI=1S/C22H22N8O3.C2HF3O2/c1-33-17-10-13(12-31)9-15(11-17)18(27-16-5-3-14(4-6-16)19(23)24)20-28-22(32)30(29-20)21-25-7-2-8-26-21;3-2(4,5)1(6)7/h2-11,18,27,31H,12H2,1H3,(H3,23,24)(H,28,29,32);(H,6,7)/t18-;/m0./s1. The van der Waals surface area contributed by atoms with E-state index in [4.69, 9.17) is 25.8 Å². The number of aliphatic hydroxyl groups is 1. The Bertz CT molecular complexity index is 1500. The Morgan fingerprint density at radius 1 is 1.20 bits per heavy atom.